The summed E-state index contributed by atoms with van der Waals surface area (Å²) in [6, 6.07) is 2.21. The molecule has 4 aromatic rings. The highest BCUT2D eigenvalue weighted by molar-refractivity contribution is 7.19. The number of fused-ring (bicyclic) bond motifs is 2. The van der Waals surface area contributed by atoms with Gasteiger partial charge in [-0.3, -0.25) is 4.79 Å². The second kappa shape index (κ2) is 8.82. The first-order valence-corrected chi connectivity index (χ1v) is 12.9. The summed E-state index contributed by atoms with van der Waals surface area (Å²) in [5, 5.41) is 5.75. The van der Waals surface area contributed by atoms with Crippen molar-refractivity contribution < 1.29 is 6.22 Å². The van der Waals surface area contributed by atoms with E-state index in [4.69, 9.17) is 0 Å². The smallest absolute Gasteiger partial charge is 0.236 e. The van der Waals surface area contributed by atoms with Crippen molar-refractivity contribution >= 4 is 33.1 Å². The van der Waals surface area contributed by atoms with Crippen LogP contribution in [0.2, 0.25) is 0 Å². The minimum atomic E-state index is 0. The minimum Gasteiger partial charge on any atom is -0.346 e. The van der Waals surface area contributed by atoms with E-state index in [0.29, 0.717) is 18.4 Å². The van der Waals surface area contributed by atoms with Gasteiger partial charge in [0.2, 0.25) is 5.91 Å². The first kappa shape index (κ1) is 23.1. The van der Waals surface area contributed by atoms with Crippen LogP contribution in [0.3, 0.4) is 0 Å². The van der Waals surface area contributed by atoms with Gasteiger partial charge in [0, 0.05) is 36.5 Å². The number of amides is 1. The zero-order chi connectivity index (χ0) is 24.1. The highest BCUT2D eigenvalue weighted by Gasteiger charge is 2.29. The van der Waals surface area contributed by atoms with Crippen LogP contribution in [0.4, 0.5) is 0 Å². The Hall–Kier alpha value is -2.71. The van der Waals surface area contributed by atoms with Gasteiger partial charge >= 0.3 is 0 Å². The molecule has 0 atom stereocenters. The lowest BCUT2D eigenvalue weighted by Crippen LogP contribution is -2.42. The molecule has 0 radical (unpaired) electrons. The molecule has 7 nitrogen and oxygen atoms in total. The van der Waals surface area contributed by atoms with E-state index >= 15 is 0 Å². The van der Waals surface area contributed by atoms with Gasteiger partial charge in [-0.2, -0.15) is 5.10 Å². The van der Waals surface area contributed by atoms with Gasteiger partial charge in [-0.05, 0) is 75.4 Å². The molecule has 1 N–H and O–H groups in total. The summed E-state index contributed by atoms with van der Waals surface area (Å²) in [5.74, 6) is 1.15. The standard InChI is InChI=1S/C26H34N6OS.H2/c1-15(2)21-22-17(4)24(18-7-9-31(10-8-18)20(33)13-30(5)6)34-26(22)29-23(21)19-11-16(3)25-27-14-28-32(25)12-19;/h11-12,14-15,18,29H,7-10,13H2,1-6H3;1H. The molecule has 4 aromatic heterocycles. The molecule has 1 aliphatic rings. The van der Waals surface area contributed by atoms with Gasteiger partial charge < -0.3 is 14.8 Å². The number of thiophene rings is 1. The number of carbonyl (C=O) groups excluding carboxylic acids is 1. The van der Waals surface area contributed by atoms with Crippen LogP contribution in [0.25, 0.3) is 27.1 Å². The maximum absolute atomic E-state index is 12.5. The average molecular weight is 481 g/mol. The van der Waals surface area contributed by atoms with Crippen LogP contribution in [0.15, 0.2) is 18.6 Å². The Morgan fingerprint density at radius 3 is 2.71 bits per heavy atom. The maximum Gasteiger partial charge on any atom is 0.236 e. The van der Waals surface area contributed by atoms with Crippen molar-refractivity contribution in [2.45, 2.75) is 52.4 Å². The van der Waals surface area contributed by atoms with Crippen LogP contribution in [-0.4, -0.2) is 69.0 Å². The average Bonchev–Trinajstić information content (AvgIpc) is 3.48. The summed E-state index contributed by atoms with van der Waals surface area (Å²) in [6.45, 7) is 11.1. The Morgan fingerprint density at radius 2 is 2.03 bits per heavy atom. The Morgan fingerprint density at radius 1 is 1.29 bits per heavy atom. The van der Waals surface area contributed by atoms with Crippen LogP contribution in [0, 0.1) is 13.8 Å². The molecule has 0 bridgehead atoms. The van der Waals surface area contributed by atoms with E-state index in [-0.39, 0.29) is 7.33 Å². The van der Waals surface area contributed by atoms with Gasteiger partial charge in [-0.1, -0.05) is 13.8 Å². The van der Waals surface area contributed by atoms with Crippen molar-refractivity contribution in [2.75, 3.05) is 33.7 Å². The van der Waals surface area contributed by atoms with Crippen molar-refractivity contribution in [1.82, 2.24) is 29.4 Å². The van der Waals surface area contributed by atoms with Gasteiger partial charge in [-0.15, -0.1) is 11.3 Å². The number of hydrogen-bond acceptors (Lipinski definition) is 5. The summed E-state index contributed by atoms with van der Waals surface area (Å²) < 4.78 is 1.87. The zero-order valence-electron chi connectivity index (χ0n) is 21.0. The molecule has 0 saturated carbocycles. The van der Waals surface area contributed by atoms with E-state index in [1.165, 1.54) is 31.9 Å². The Bertz CT molecular complexity index is 1360. The summed E-state index contributed by atoms with van der Waals surface area (Å²) in [6.07, 6.45) is 5.76. The molecule has 1 fully saturated rings. The number of nitrogens with zero attached hydrogens (tertiary/aromatic N) is 5. The summed E-state index contributed by atoms with van der Waals surface area (Å²) in [7, 11) is 3.90. The van der Waals surface area contributed by atoms with Crippen molar-refractivity contribution in [3.05, 3.63) is 40.2 Å². The van der Waals surface area contributed by atoms with E-state index in [0.717, 1.165) is 42.7 Å². The molecule has 5 rings (SSSR count). The van der Waals surface area contributed by atoms with Gasteiger partial charge in [0.25, 0.3) is 0 Å². The second-order valence-corrected chi connectivity index (χ2v) is 11.2. The van der Waals surface area contributed by atoms with E-state index in [1.54, 1.807) is 6.33 Å². The van der Waals surface area contributed by atoms with Crippen LogP contribution in [-0.2, 0) is 4.79 Å². The Balaban J connectivity index is 0.00000289. The third-order valence-electron chi connectivity index (χ3n) is 7.06. The number of pyridine rings is 1. The van der Waals surface area contributed by atoms with E-state index < -0.39 is 0 Å². The fourth-order valence-electron chi connectivity index (χ4n) is 5.44. The van der Waals surface area contributed by atoms with Crippen molar-refractivity contribution in [3.63, 3.8) is 0 Å². The lowest BCUT2D eigenvalue weighted by Gasteiger charge is -2.32. The molecular weight excluding hydrogens is 444 g/mol. The minimum absolute atomic E-state index is 0. The molecule has 0 spiro atoms. The fourth-order valence-corrected chi connectivity index (χ4v) is 6.83. The van der Waals surface area contributed by atoms with Gasteiger partial charge in [-0.25, -0.2) is 9.50 Å². The maximum atomic E-state index is 12.5. The number of aryl methyl sites for hydroxylation is 2. The van der Waals surface area contributed by atoms with E-state index in [1.807, 2.05) is 39.7 Å². The molecule has 8 heteroatoms. The number of carbonyl (C=O) groups is 1. The normalized spacial score (nSPS) is 15.5. The number of aromatic nitrogens is 4. The molecule has 0 unspecified atom stereocenters. The summed E-state index contributed by atoms with van der Waals surface area (Å²) >= 11 is 1.91. The molecule has 34 heavy (non-hydrogen) atoms. The lowest BCUT2D eigenvalue weighted by atomic mass is 9.90. The van der Waals surface area contributed by atoms with E-state index in [2.05, 4.69) is 55.0 Å². The lowest BCUT2D eigenvalue weighted by molar-refractivity contribution is -0.132. The van der Waals surface area contributed by atoms with Gasteiger partial charge in [0.05, 0.1) is 12.2 Å². The van der Waals surface area contributed by atoms with E-state index in [9.17, 15) is 4.79 Å². The summed E-state index contributed by atoms with van der Waals surface area (Å²) in [5.41, 5.74) is 7.15. The number of likely N-dealkylation sites (tertiary alicyclic amines) is 1. The Labute approximate surface area is 206 Å². The predicted molar refractivity (Wildman–Crippen MR) is 141 cm³/mol. The third kappa shape index (κ3) is 3.92. The predicted octanol–water partition coefficient (Wildman–Crippen LogP) is 5.19. The van der Waals surface area contributed by atoms with Gasteiger partial charge in [0.1, 0.15) is 11.2 Å². The fraction of sp³-hybridized carbons (Fsp3) is 0.500. The van der Waals surface area contributed by atoms with Crippen LogP contribution < -0.4 is 0 Å². The number of H-pyrrole nitrogens is 1. The van der Waals surface area contributed by atoms with Crippen molar-refractivity contribution in [1.29, 1.82) is 0 Å². The molecule has 1 saturated heterocycles. The van der Waals surface area contributed by atoms with Gasteiger partial charge in [0.15, 0.2) is 5.65 Å². The largest absolute Gasteiger partial charge is 0.346 e. The topological polar surface area (TPSA) is 69.5 Å². The molecule has 5 heterocycles. The zero-order valence-corrected chi connectivity index (χ0v) is 21.8. The molecule has 1 aliphatic heterocycles. The first-order chi connectivity index (χ1) is 16.2. The van der Waals surface area contributed by atoms with Crippen molar-refractivity contribution in [3.8, 4) is 11.3 Å². The first-order valence-electron chi connectivity index (χ1n) is 12.1. The molecule has 182 valence electrons. The summed E-state index contributed by atoms with van der Waals surface area (Å²) in [4.78, 5) is 27.3. The molecule has 0 aromatic carbocycles. The second-order valence-electron chi connectivity index (χ2n) is 10.2. The number of aromatic amines is 1. The highest BCUT2D eigenvalue weighted by Crippen LogP contribution is 2.45. The van der Waals surface area contributed by atoms with Crippen molar-refractivity contribution in [2.24, 2.45) is 0 Å². The monoisotopic (exact) mass is 480 g/mol. The third-order valence-corrected chi connectivity index (χ3v) is 8.43. The number of hydrogen-bond donors (Lipinski definition) is 1. The SMILES string of the molecule is Cc1c(C2CCN(C(=O)CN(C)C)CC2)sc2[nH]c(-c3cc(C)c4ncnn4c3)c(C(C)C)c12.[HH]. The number of nitrogens with one attached hydrogen (secondary N) is 1. The molecule has 0 aliphatic carbocycles. The number of likely N-dealkylation sites (N-methyl/N-ethyl adjacent to an activating group) is 1. The highest BCUT2D eigenvalue weighted by atomic mass is 32.1. The quantitative estimate of drug-likeness (QED) is 0.427. The van der Waals surface area contributed by atoms with Crippen LogP contribution >= 0.6 is 11.3 Å². The number of rotatable bonds is 5. The van der Waals surface area contributed by atoms with Crippen LogP contribution in [0.1, 0.15) is 61.5 Å². The molecular formula is C26H36N6OS. The van der Waals surface area contributed by atoms with Crippen LogP contribution in [0.5, 0.6) is 0 Å². The number of piperidine rings is 1. The molecule has 1 amide bonds. The Kier molecular flexibility index (Phi) is 5.98.